The van der Waals surface area contributed by atoms with Gasteiger partial charge in [0.1, 0.15) is 11.5 Å². The molecular weight excluding hydrogens is 274 g/mol. The average molecular weight is 293 g/mol. The van der Waals surface area contributed by atoms with Gasteiger partial charge in [-0.25, -0.2) is 0 Å². The van der Waals surface area contributed by atoms with Gasteiger partial charge in [-0.15, -0.1) is 0 Å². The van der Waals surface area contributed by atoms with Crippen molar-refractivity contribution in [1.82, 2.24) is 0 Å². The topological polar surface area (TPSA) is 84.9 Å². The van der Waals surface area contributed by atoms with E-state index in [9.17, 15) is 9.59 Å². The van der Waals surface area contributed by atoms with Crippen molar-refractivity contribution in [3.8, 4) is 11.5 Å². The van der Waals surface area contributed by atoms with Gasteiger partial charge in [0.2, 0.25) is 5.91 Å². The average Bonchev–Trinajstić information content (AvgIpc) is 2.97. The minimum absolute atomic E-state index is 0.176. The van der Waals surface area contributed by atoms with Crippen LogP contribution >= 0.6 is 0 Å². The molecule has 1 aliphatic rings. The molecular formula is C15H19NO5. The quantitative estimate of drug-likeness (QED) is 0.869. The molecule has 2 atom stereocenters. The maximum Gasteiger partial charge on any atom is 0.306 e. The monoisotopic (exact) mass is 293 g/mol. The Morgan fingerprint density at radius 2 is 1.90 bits per heavy atom. The first kappa shape index (κ1) is 15.2. The molecule has 0 aromatic heterocycles. The Labute approximate surface area is 123 Å². The maximum absolute atomic E-state index is 12.3. The van der Waals surface area contributed by atoms with E-state index in [0.29, 0.717) is 36.4 Å². The number of aliphatic carboxylic acids is 1. The summed E-state index contributed by atoms with van der Waals surface area (Å²) in [7, 11) is 3.06. The zero-order chi connectivity index (χ0) is 15.4. The van der Waals surface area contributed by atoms with Crippen molar-refractivity contribution >= 4 is 17.6 Å². The first-order valence-corrected chi connectivity index (χ1v) is 6.80. The molecule has 0 heterocycles. The maximum atomic E-state index is 12.3. The molecule has 0 saturated heterocycles. The summed E-state index contributed by atoms with van der Waals surface area (Å²) in [5, 5.41) is 11.8. The van der Waals surface area contributed by atoms with E-state index >= 15 is 0 Å². The number of carbonyl (C=O) groups excluding carboxylic acids is 1. The van der Waals surface area contributed by atoms with E-state index in [4.69, 9.17) is 14.6 Å². The van der Waals surface area contributed by atoms with Gasteiger partial charge >= 0.3 is 5.97 Å². The highest BCUT2D eigenvalue weighted by Gasteiger charge is 2.34. The zero-order valence-corrected chi connectivity index (χ0v) is 12.1. The van der Waals surface area contributed by atoms with Crippen LogP contribution in [0.5, 0.6) is 11.5 Å². The second-order valence-electron chi connectivity index (χ2n) is 5.10. The second kappa shape index (κ2) is 6.47. The van der Waals surface area contributed by atoms with Gasteiger partial charge in [-0.1, -0.05) is 0 Å². The van der Waals surface area contributed by atoms with Crippen LogP contribution in [0.3, 0.4) is 0 Å². The van der Waals surface area contributed by atoms with Gasteiger partial charge in [0.15, 0.2) is 0 Å². The number of ether oxygens (including phenoxy) is 2. The molecule has 0 aliphatic heterocycles. The van der Waals surface area contributed by atoms with Crippen LogP contribution < -0.4 is 14.8 Å². The number of hydrogen-bond donors (Lipinski definition) is 2. The second-order valence-corrected chi connectivity index (χ2v) is 5.10. The molecule has 2 N–H and O–H groups in total. The predicted octanol–water partition coefficient (Wildman–Crippen LogP) is 2.14. The summed E-state index contributed by atoms with van der Waals surface area (Å²) in [6.45, 7) is 0. The third-order valence-corrected chi connectivity index (χ3v) is 3.82. The number of carboxylic acid groups (broad SMARTS) is 1. The first-order valence-electron chi connectivity index (χ1n) is 6.80. The number of carbonyl (C=O) groups is 2. The van der Waals surface area contributed by atoms with Gasteiger partial charge in [0.05, 0.1) is 25.8 Å². The molecule has 6 heteroatoms. The predicted molar refractivity (Wildman–Crippen MR) is 76.6 cm³/mol. The van der Waals surface area contributed by atoms with Crippen LogP contribution in [0.1, 0.15) is 19.3 Å². The number of rotatable bonds is 5. The Kier molecular flexibility index (Phi) is 4.67. The highest BCUT2D eigenvalue weighted by Crippen LogP contribution is 2.34. The van der Waals surface area contributed by atoms with Crippen molar-refractivity contribution < 1.29 is 24.2 Å². The zero-order valence-electron chi connectivity index (χ0n) is 12.1. The molecule has 0 spiro atoms. The highest BCUT2D eigenvalue weighted by molar-refractivity contribution is 5.94. The largest absolute Gasteiger partial charge is 0.497 e. The molecule has 0 radical (unpaired) electrons. The molecule has 6 nitrogen and oxygen atoms in total. The van der Waals surface area contributed by atoms with Crippen LogP contribution in [-0.2, 0) is 9.59 Å². The molecule has 1 aromatic carbocycles. The lowest BCUT2D eigenvalue weighted by atomic mass is 10.0. The van der Waals surface area contributed by atoms with Crippen molar-refractivity contribution in [2.45, 2.75) is 19.3 Å². The first-order chi connectivity index (χ1) is 10.0. The summed E-state index contributed by atoms with van der Waals surface area (Å²) in [5.41, 5.74) is 0.528. The van der Waals surface area contributed by atoms with Gasteiger partial charge in [-0.2, -0.15) is 0 Å². The Morgan fingerprint density at radius 3 is 2.48 bits per heavy atom. The fraction of sp³-hybridized carbons (Fsp3) is 0.467. The summed E-state index contributed by atoms with van der Waals surface area (Å²) in [6.07, 6.45) is 1.52. The van der Waals surface area contributed by atoms with E-state index in [2.05, 4.69) is 5.32 Å². The SMILES string of the molecule is COc1ccc(OC)c(NC(=O)[C@@H]2CC[C@H](C(=O)O)C2)c1. The van der Waals surface area contributed by atoms with Crippen molar-refractivity contribution in [3.05, 3.63) is 18.2 Å². The van der Waals surface area contributed by atoms with Gasteiger partial charge in [-0.05, 0) is 31.4 Å². The third kappa shape index (κ3) is 3.45. The molecule has 1 fully saturated rings. The van der Waals surface area contributed by atoms with Crippen LogP contribution in [-0.4, -0.2) is 31.2 Å². The smallest absolute Gasteiger partial charge is 0.306 e. The molecule has 0 unspecified atom stereocenters. The highest BCUT2D eigenvalue weighted by atomic mass is 16.5. The number of carboxylic acids is 1. The number of hydrogen-bond acceptors (Lipinski definition) is 4. The summed E-state index contributed by atoms with van der Waals surface area (Å²) in [5.74, 6) is -0.553. The van der Waals surface area contributed by atoms with E-state index in [1.54, 1.807) is 25.3 Å². The molecule has 114 valence electrons. The molecule has 1 aromatic rings. The van der Waals surface area contributed by atoms with Gasteiger partial charge in [0, 0.05) is 12.0 Å². The van der Waals surface area contributed by atoms with Gasteiger partial charge in [0.25, 0.3) is 0 Å². The number of methoxy groups -OCH3 is 2. The molecule has 1 amide bonds. The fourth-order valence-corrected chi connectivity index (χ4v) is 2.59. The lowest BCUT2D eigenvalue weighted by Crippen LogP contribution is -2.22. The number of amides is 1. The Hall–Kier alpha value is -2.24. The van der Waals surface area contributed by atoms with Crippen molar-refractivity contribution in [2.24, 2.45) is 11.8 Å². The van der Waals surface area contributed by atoms with Crippen LogP contribution in [0.25, 0.3) is 0 Å². The van der Waals surface area contributed by atoms with Gasteiger partial charge < -0.3 is 19.9 Å². The van der Waals surface area contributed by atoms with E-state index in [1.807, 2.05) is 0 Å². The summed E-state index contributed by atoms with van der Waals surface area (Å²) in [4.78, 5) is 23.2. The van der Waals surface area contributed by atoms with E-state index in [-0.39, 0.29) is 11.8 Å². The molecule has 0 bridgehead atoms. The van der Waals surface area contributed by atoms with Crippen molar-refractivity contribution in [1.29, 1.82) is 0 Å². The number of anilines is 1. The molecule has 2 rings (SSSR count). The summed E-state index contributed by atoms with van der Waals surface area (Å²) >= 11 is 0. The molecule has 1 saturated carbocycles. The fourth-order valence-electron chi connectivity index (χ4n) is 2.59. The van der Waals surface area contributed by atoms with E-state index in [1.165, 1.54) is 7.11 Å². The summed E-state index contributed by atoms with van der Waals surface area (Å²) in [6, 6.07) is 5.13. The van der Waals surface area contributed by atoms with Crippen molar-refractivity contribution in [3.63, 3.8) is 0 Å². The van der Waals surface area contributed by atoms with E-state index < -0.39 is 11.9 Å². The van der Waals surface area contributed by atoms with Crippen LogP contribution in [0, 0.1) is 11.8 Å². The molecule has 1 aliphatic carbocycles. The number of nitrogens with one attached hydrogen (secondary N) is 1. The lowest BCUT2D eigenvalue weighted by Gasteiger charge is -2.14. The van der Waals surface area contributed by atoms with Crippen LogP contribution in [0.4, 0.5) is 5.69 Å². The third-order valence-electron chi connectivity index (χ3n) is 3.82. The lowest BCUT2D eigenvalue weighted by molar-refractivity contribution is -0.141. The van der Waals surface area contributed by atoms with Crippen LogP contribution in [0.2, 0.25) is 0 Å². The Balaban J connectivity index is 2.07. The minimum Gasteiger partial charge on any atom is -0.497 e. The molecule has 21 heavy (non-hydrogen) atoms. The normalized spacial score (nSPS) is 20.9. The Bertz CT molecular complexity index is 543. The minimum atomic E-state index is -0.829. The number of benzene rings is 1. The van der Waals surface area contributed by atoms with Crippen LogP contribution in [0.15, 0.2) is 18.2 Å². The summed E-state index contributed by atoms with van der Waals surface area (Å²) < 4.78 is 10.3. The van der Waals surface area contributed by atoms with E-state index in [0.717, 1.165) is 0 Å². The standard InChI is InChI=1S/C15H19NO5/c1-20-11-5-6-13(21-2)12(8-11)16-14(17)9-3-4-10(7-9)15(18)19/h5-6,8-10H,3-4,7H2,1-2H3,(H,16,17)(H,18,19)/t9-,10+/m1/s1. The van der Waals surface area contributed by atoms with Gasteiger partial charge in [-0.3, -0.25) is 9.59 Å². The Morgan fingerprint density at radius 1 is 1.19 bits per heavy atom. The van der Waals surface area contributed by atoms with Crippen molar-refractivity contribution in [2.75, 3.05) is 19.5 Å².